The lowest BCUT2D eigenvalue weighted by Gasteiger charge is -2.13. The molecule has 3 rings (SSSR count). The first-order chi connectivity index (χ1) is 10.6. The predicted molar refractivity (Wildman–Crippen MR) is 82.5 cm³/mol. The molecule has 22 heavy (non-hydrogen) atoms. The van der Waals surface area contributed by atoms with Crippen molar-refractivity contribution in [1.82, 2.24) is 10.3 Å². The van der Waals surface area contributed by atoms with Crippen LogP contribution in [0.25, 0.3) is 10.8 Å². The minimum absolute atomic E-state index is 0.176. The number of nitrogens with one attached hydrogen (secondary N) is 1. The molecule has 2 N–H and O–H groups in total. The van der Waals surface area contributed by atoms with E-state index in [9.17, 15) is 14.7 Å². The van der Waals surface area contributed by atoms with Crippen LogP contribution in [0.15, 0.2) is 36.7 Å². The molecule has 1 amide bonds. The van der Waals surface area contributed by atoms with E-state index >= 15 is 0 Å². The maximum absolute atomic E-state index is 12.2. The van der Waals surface area contributed by atoms with Crippen LogP contribution in [-0.4, -0.2) is 28.5 Å². The zero-order chi connectivity index (χ0) is 15.5. The van der Waals surface area contributed by atoms with Gasteiger partial charge >= 0.3 is 5.97 Å². The van der Waals surface area contributed by atoms with Crippen LogP contribution in [0.1, 0.15) is 29.6 Å². The minimum atomic E-state index is -0.838. The highest BCUT2D eigenvalue weighted by molar-refractivity contribution is 5.98. The summed E-state index contributed by atoms with van der Waals surface area (Å²) in [5, 5.41) is 13.9. The monoisotopic (exact) mass is 298 g/mol. The fourth-order valence-electron chi connectivity index (χ4n) is 2.57. The lowest BCUT2D eigenvalue weighted by atomic mass is 10.0. The van der Waals surface area contributed by atoms with Crippen LogP contribution in [0.4, 0.5) is 0 Å². The Morgan fingerprint density at radius 2 is 2.09 bits per heavy atom. The highest BCUT2D eigenvalue weighted by atomic mass is 16.4. The van der Waals surface area contributed by atoms with E-state index in [1.807, 2.05) is 12.1 Å². The Kier molecular flexibility index (Phi) is 4.04. The smallest absolute Gasteiger partial charge is 0.308 e. The number of pyridine rings is 1. The molecule has 1 saturated carbocycles. The van der Waals surface area contributed by atoms with E-state index in [1.165, 1.54) is 0 Å². The highest BCUT2D eigenvalue weighted by Gasteiger charge is 2.29. The van der Waals surface area contributed by atoms with Gasteiger partial charge in [-0.05, 0) is 35.9 Å². The number of benzene rings is 1. The van der Waals surface area contributed by atoms with Crippen LogP contribution >= 0.6 is 0 Å². The maximum Gasteiger partial charge on any atom is 0.308 e. The molecule has 1 aromatic carbocycles. The molecule has 1 aliphatic rings. The first kappa shape index (κ1) is 14.5. The quantitative estimate of drug-likeness (QED) is 0.858. The summed E-state index contributed by atoms with van der Waals surface area (Å²) in [4.78, 5) is 27.5. The average Bonchev–Trinajstić information content (AvgIpc) is 3.34. The van der Waals surface area contributed by atoms with Crippen LogP contribution in [0.3, 0.4) is 0 Å². The SMILES string of the molecule is O=C(NC[C@H](CC1CC1)C(=O)O)c1ccc2ccncc2c1. The molecular formula is C17H18N2O3. The predicted octanol–water partition coefficient (Wildman–Crippen LogP) is 2.47. The van der Waals surface area contributed by atoms with Gasteiger partial charge in [-0.25, -0.2) is 0 Å². The van der Waals surface area contributed by atoms with Gasteiger partial charge in [0, 0.05) is 29.9 Å². The number of hydrogen-bond donors (Lipinski definition) is 2. The Balaban J connectivity index is 1.65. The highest BCUT2D eigenvalue weighted by Crippen LogP contribution is 2.35. The van der Waals surface area contributed by atoms with Crippen LogP contribution in [0.2, 0.25) is 0 Å². The average molecular weight is 298 g/mol. The number of carbonyl (C=O) groups is 2. The Labute approximate surface area is 128 Å². The zero-order valence-electron chi connectivity index (χ0n) is 12.2. The number of amides is 1. The first-order valence-corrected chi connectivity index (χ1v) is 7.48. The van der Waals surface area contributed by atoms with Crippen molar-refractivity contribution in [3.05, 3.63) is 42.2 Å². The van der Waals surface area contributed by atoms with E-state index in [-0.39, 0.29) is 12.5 Å². The van der Waals surface area contributed by atoms with Crippen molar-refractivity contribution in [2.45, 2.75) is 19.3 Å². The third-order valence-electron chi connectivity index (χ3n) is 4.08. The van der Waals surface area contributed by atoms with Crippen molar-refractivity contribution in [3.63, 3.8) is 0 Å². The molecule has 1 aromatic heterocycles. The summed E-state index contributed by atoms with van der Waals surface area (Å²) >= 11 is 0. The van der Waals surface area contributed by atoms with Gasteiger partial charge in [0.15, 0.2) is 0 Å². The van der Waals surface area contributed by atoms with Crippen LogP contribution < -0.4 is 5.32 Å². The number of carboxylic acid groups (broad SMARTS) is 1. The van der Waals surface area contributed by atoms with Crippen molar-refractivity contribution in [2.24, 2.45) is 11.8 Å². The van der Waals surface area contributed by atoms with Crippen molar-refractivity contribution in [2.75, 3.05) is 6.54 Å². The summed E-state index contributed by atoms with van der Waals surface area (Å²) in [6.45, 7) is 0.176. The van der Waals surface area contributed by atoms with Crippen molar-refractivity contribution in [3.8, 4) is 0 Å². The van der Waals surface area contributed by atoms with Gasteiger partial charge in [0.25, 0.3) is 5.91 Å². The standard InChI is InChI=1S/C17H18N2O3/c20-16(19-10-15(17(21)22)7-11-1-2-11)13-4-3-12-5-6-18-9-14(12)8-13/h3-6,8-9,11,15H,1-2,7,10H2,(H,19,20)(H,21,22)/t15-/m0/s1. The van der Waals surface area contributed by atoms with Crippen LogP contribution in [0.5, 0.6) is 0 Å². The second-order valence-electron chi connectivity index (χ2n) is 5.86. The van der Waals surface area contributed by atoms with Gasteiger partial charge < -0.3 is 10.4 Å². The molecule has 0 radical (unpaired) electrons. The van der Waals surface area contributed by atoms with Gasteiger partial charge in [-0.2, -0.15) is 0 Å². The van der Waals surface area contributed by atoms with E-state index in [0.29, 0.717) is 17.9 Å². The summed E-state index contributed by atoms with van der Waals surface area (Å²) in [5.74, 6) is -1.06. The van der Waals surface area contributed by atoms with Crippen molar-refractivity contribution in [1.29, 1.82) is 0 Å². The lowest BCUT2D eigenvalue weighted by molar-refractivity contribution is -0.141. The molecule has 0 saturated heterocycles. The summed E-state index contributed by atoms with van der Waals surface area (Å²) in [6, 6.07) is 7.26. The Morgan fingerprint density at radius 3 is 2.82 bits per heavy atom. The number of rotatable bonds is 6. The van der Waals surface area contributed by atoms with Gasteiger partial charge in [-0.1, -0.05) is 18.9 Å². The Bertz CT molecular complexity index is 710. The van der Waals surface area contributed by atoms with E-state index in [1.54, 1.807) is 24.5 Å². The molecule has 1 atom stereocenters. The van der Waals surface area contributed by atoms with E-state index in [0.717, 1.165) is 23.6 Å². The van der Waals surface area contributed by atoms with Crippen LogP contribution in [0, 0.1) is 11.8 Å². The van der Waals surface area contributed by atoms with E-state index in [4.69, 9.17) is 0 Å². The summed E-state index contributed by atoms with van der Waals surface area (Å²) in [6.07, 6.45) is 6.28. The van der Waals surface area contributed by atoms with Crippen molar-refractivity contribution >= 4 is 22.6 Å². The molecular weight excluding hydrogens is 280 g/mol. The van der Waals surface area contributed by atoms with Gasteiger partial charge in [-0.15, -0.1) is 0 Å². The molecule has 1 aliphatic carbocycles. The van der Waals surface area contributed by atoms with Crippen molar-refractivity contribution < 1.29 is 14.7 Å². The second-order valence-corrected chi connectivity index (χ2v) is 5.86. The molecule has 0 spiro atoms. The molecule has 1 heterocycles. The topological polar surface area (TPSA) is 79.3 Å². The van der Waals surface area contributed by atoms with Crippen LogP contribution in [-0.2, 0) is 4.79 Å². The molecule has 114 valence electrons. The number of aliphatic carboxylic acids is 1. The van der Waals surface area contributed by atoms with E-state index < -0.39 is 11.9 Å². The molecule has 0 bridgehead atoms. The number of nitrogens with zero attached hydrogens (tertiary/aromatic N) is 1. The van der Waals surface area contributed by atoms with Gasteiger partial charge in [0.2, 0.25) is 0 Å². The summed E-state index contributed by atoms with van der Waals surface area (Å²) in [7, 11) is 0. The number of carboxylic acids is 1. The van der Waals surface area contributed by atoms with Gasteiger partial charge in [0.05, 0.1) is 5.92 Å². The van der Waals surface area contributed by atoms with Gasteiger partial charge in [0.1, 0.15) is 0 Å². The molecule has 0 unspecified atom stereocenters. The summed E-state index contributed by atoms with van der Waals surface area (Å²) in [5.41, 5.74) is 0.524. The molecule has 5 heteroatoms. The summed E-state index contributed by atoms with van der Waals surface area (Å²) < 4.78 is 0. The fourth-order valence-corrected chi connectivity index (χ4v) is 2.57. The normalized spacial score (nSPS) is 15.5. The molecule has 1 fully saturated rings. The number of hydrogen-bond acceptors (Lipinski definition) is 3. The second kappa shape index (κ2) is 6.13. The third kappa shape index (κ3) is 3.42. The molecule has 5 nitrogen and oxygen atoms in total. The van der Waals surface area contributed by atoms with Gasteiger partial charge in [-0.3, -0.25) is 14.6 Å². The molecule has 0 aliphatic heterocycles. The molecule has 2 aromatic rings. The third-order valence-corrected chi connectivity index (χ3v) is 4.08. The lowest BCUT2D eigenvalue weighted by Crippen LogP contribution is -2.33. The fraction of sp³-hybridized carbons (Fsp3) is 0.353. The zero-order valence-corrected chi connectivity index (χ0v) is 12.2. The van der Waals surface area contributed by atoms with E-state index in [2.05, 4.69) is 10.3 Å². The minimum Gasteiger partial charge on any atom is -0.481 e. The Morgan fingerprint density at radius 1 is 1.27 bits per heavy atom. The Hall–Kier alpha value is -2.43. The number of carbonyl (C=O) groups excluding carboxylic acids is 1. The number of fused-ring (bicyclic) bond motifs is 1. The largest absolute Gasteiger partial charge is 0.481 e. The first-order valence-electron chi connectivity index (χ1n) is 7.48. The maximum atomic E-state index is 12.2. The number of aromatic nitrogens is 1.